The number of likely N-dealkylation sites (tertiary alicyclic amines) is 1. The van der Waals surface area contributed by atoms with E-state index in [0.29, 0.717) is 16.7 Å². The van der Waals surface area contributed by atoms with E-state index in [4.69, 9.17) is 23.6 Å². The molecule has 12 heteroatoms. The third kappa shape index (κ3) is 10.1. The topological polar surface area (TPSA) is 140 Å². The molecule has 11 nitrogen and oxygen atoms in total. The Bertz CT molecular complexity index is 2680. The summed E-state index contributed by atoms with van der Waals surface area (Å²) in [4.78, 5) is 44.9. The highest BCUT2D eigenvalue weighted by atomic mass is 32.2. The van der Waals surface area contributed by atoms with Gasteiger partial charge in [-0.25, -0.2) is 9.78 Å². The van der Waals surface area contributed by atoms with Crippen LogP contribution in [-0.2, 0) is 43.6 Å². The summed E-state index contributed by atoms with van der Waals surface area (Å²) in [5.74, 6) is 0.373. The molecule has 328 valence electrons. The number of nitrogens with zero attached hydrogens (tertiary/aromatic N) is 2. The van der Waals surface area contributed by atoms with Crippen LogP contribution in [0, 0.1) is 5.92 Å². The summed E-state index contributed by atoms with van der Waals surface area (Å²) in [5.41, 5.74) is 8.75. The lowest BCUT2D eigenvalue weighted by atomic mass is 9.91. The number of carbonyl (C=O) groups is 3. The van der Waals surface area contributed by atoms with E-state index in [1.165, 1.54) is 16.7 Å². The van der Waals surface area contributed by atoms with Crippen molar-refractivity contribution in [1.29, 1.82) is 0 Å². The van der Waals surface area contributed by atoms with Crippen molar-refractivity contribution in [1.82, 2.24) is 15.2 Å². The predicted octanol–water partition coefficient (Wildman–Crippen LogP) is 10.3. The average Bonchev–Trinajstić information content (AvgIpc) is 3.90. The van der Waals surface area contributed by atoms with Gasteiger partial charge in [0.2, 0.25) is 5.91 Å². The van der Waals surface area contributed by atoms with E-state index in [1.54, 1.807) is 0 Å². The smallest absolute Gasteiger partial charge is 0.408 e. The van der Waals surface area contributed by atoms with Crippen LogP contribution in [0.3, 0.4) is 0 Å². The molecule has 2 aliphatic rings. The normalized spacial score (nSPS) is 19.6. The zero-order valence-corrected chi connectivity index (χ0v) is 36.4. The summed E-state index contributed by atoms with van der Waals surface area (Å²) < 4.78 is 25.3. The number of ether oxygens (including phenoxy) is 3. The minimum atomic E-state index is -0.992. The number of hydrogen-bond acceptors (Lipinski definition) is 10. The first-order valence-corrected chi connectivity index (χ1v) is 22.5. The molecular formula is C53H47N3O8S. The predicted molar refractivity (Wildman–Crippen MR) is 247 cm³/mol. The standard InChI is InChI=1S/C53H47N3O8S/c1-34-45(33-65-53-55-47(39-15-7-3-8-16-39)49(64-53)40-17-9-4-10-18-40)62-51(63-48(34)41-22-20-35(31-57)21-23-41)42-26-24-38(25-27-42)43-19-11-14-37(28-43)30-56-46(58)29-44(50(56)59)54-52(60)61-32-36-12-5-2-6-13-36/h2-28,34,44-45,48,51,57H,29-33H2,1H3,(H,54,60)/t34-,44?,45+,48+,51+/m1/s1. The number of nitrogens with one attached hydrogen (secondary N) is 1. The van der Waals surface area contributed by atoms with Gasteiger partial charge in [0.15, 0.2) is 12.1 Å². The Hall–Kier alpha value is -6.83. The number of amides is 3. The molecule has 0 spiro atoms. The van der Waals surface area contributed by atoms with Crippen molar-refractivity contribution in [2.45, 2.75) is 62.9 Å². The van der Waals surface area contributed by atoms with E-state index in [-0.39, 0.29) is 50.2 Å². The van der Waals surface area contributed by atoms with Gasteiger partial charge in [-0.2, -0.15) is 0 Å². The first-order chi connectivity index (χ1) is 31.8. The zero-order valence-electron chi connectivity index (χ0n) is 35.6. The number of aromatic nitrogens is 1. The first kappa shape index (κ1) is 43.4. The molecule has 0 aliphatic carbocycles. The van der Waals surface area contributed by atoms with Gasteiger partial charge in [-0.1, -0.05) is 176 Å². The number of aliphatic hydroxyl groups is 1. The average molecular weight is 886 g/mol. The van der Waals surface area contributed by atoms with E-state index in [2.05, 4.69) is 12.2 Å². The molecule has 1 unspecified atom stereocenters. The largest absolute Gasteiger partial charge is 0.445 e. The minimum absolute atomic E-state index is 0.0476. The van der Waals surface area contributed by atoms with Crippen LogP contribution in [0.4, 0.5) is 4.79 Å². The van der Waals surface area contributed by atoms with E-state index in [0.717, 1.165) is 55.8 Å². The number of oxazole rings is 1. The van der Waals surface area contributed by atoms with Crippen LogP contribution >= 0.6 is 11.8 Å². The van der Waals surface area contributed by atoms with Crippen LogP contribution in [-0.4, -0.2) is 50.8 Å². The summed E-state index contributed by atoms with van der Waals surface area (Å²) >= 11 is 1.51. The quantitative estimate of drug-likeness (QED) is 0.0801. The Balaban J connectivity index is 0.893. The number of aliphatic hydroxyl groups excluding tert-OH is 1. The number of thioether (sulfide) groups is 1. The maximum atomic E-state index is 13.3. The molecule has 2 aliphatic heterocycles. The third-order valence-corrected chi connectivity index (χ3v) is 12.6. The summed E-state index contributed by atoms with van der Waals surface area (Å²) in [6, 6.07) is 51.8. The minimum Gasteiger partial charge on any atom is -0.445 e. The first-order valence-electron chi connectivity index (χ1n) is 21.6. The van der Waals surface area contributed by atoms with Crippen LogP contribution < -0.4 is 5.32 Å². The fourth-order valence-corrected chi connectivity index (χ4v) is 9.12. The third-order valence-electron chi connectivity index (χ3n) is 11.7. The fourth-order valence-electron chi connectivity index (χ4n) is 8.14. The van der Waals surface area contributed by atoms with Crippen molar-refractivity contribution in [3.8, 4) is 33.7 Å². The number of rotatable bonds is 14. The van der Waals surface area contributed by atoms with E-state index in [1.807, 2.05) is 164 Å². The Labute approximate surface area is 381 Å². The lowest BCUT2D eigenvalue weighted by molar-refractivity contribution is -0.268. The van der Waals surface area contributed by atoms with Crippen molar-refractivity contribution < 1.29 is 38.1 Å². The Morgan fingerprint density at radius 1 is 0.738 bits per heavy atom. The molecule has 2 N–H and O–H groups in total. The molecule has 0 bridgehead atoms. The molecule has 5 atom stereocenters. The molecule has 0 saturated carbocycles. The highest BCUT2D eigenvalue weighted by Gasteiger charge is 2.40. The zero-order chi connectivity index (χ0) is 44.7. The van der Waals surface area contributed by atoms with Crippen molar-refractivity contribution in [3.63, 3.8) is 0 Å². The number of benzene rings is 6. The number of imide groups is 1. The van der Waals surface area contributed by atoms with Crippen LogP contribution in [0.2, 0.25) is 0 Å². The number of hydrogen-bond donors (Lipinski definition) is 2. The Kier molecular flexibility index (Phi) is 13.3. The maximum absolute atomic E-state index is 13.3. The molecule has 7 aromatic rings. The van der Waals surface area contributed by atoms with Crippen molar-refractivity contribution in [2.75, 3.05) is 5.75 Å². The Morgan fingerprint density at radius 3 is 2.09 bits per heavy atom. The second kappa shape index (κ2) is 19.9. The molecular weight excluding hydrogens is 839 g/mol. The lowest BCUT2D eigenvalue weighted by Gasteiger charge is -2.41. The molecule has 3 heterocycles. The second-order valence-corrected chi connectivity index (χ2v) is 17.1. The van der Waals surface area contributed by atoms with Gasteiger partial charge >= 0.3 is 6.09 Å². The number of carbonyl (C=O) groups excluding carboxylic acids is 3. The van der Waals surface area contributed by atoms with E-state index in [9.17, 15) is 19.5 Å². The van der Waals surface area contributed by atoms with Crippen molar-refractivity contribution in [3.05, 3.63) is 192 Å². The Morgan fingerprint density at radius 2 is 1.38 bits per heavy atom. The fraction of sp³-hybridized carbons (Fsp3) is 0.208. The monoisotopic (exact) mass is 885 g/mol. The highest BCUT2D eigenvalue weighted by molar-refractivity contribution is 7.99. The molecule has 0 radical (unpaired) electrons. The van der Waals surface area contributed by atoms with Crippen LogP contribution in [0.15, 0.2) is 173 Å². The van der Waals surface area contributed by atoms with Gasteiger partial charge in [-0.3, -0.25) is 14.5 Å². The van der Waals surface area contributed by atoms with Gasteiger partial charge in [0.05, 0.1) is 31.8 Å². The maximum Gasteiger partial charge on any atom is 0.408 e. The summed E-state index contributed by atoms with van der Waals surface area (Å²) in [5, 5.41) is 12.8. The molecule has 2 fully saturated rings. The molecule has 3 amide bonds. The van der Waals surface area contributed by atoms with Gasteiger partial charge in [-0.05, 0) is 39.4 Å². The highest BCUT2D eigenvalue weighted by Crippen LogP contribution is 2.44. The molecule has 2 saturated heterocycles. The van der Waals surface area contributed by atoms with E-state index < -0.39 is 24.3 Å². The van der Waals surface area contributed by atoms with Crippen LogP contribution in [0.25, 0.3) is 33.7 Å². The molecule has 9 rings (SSSR count). The van der Waals surface area contributed by atoms with Gasteiger partial charge < -0.3 is 29.1 Å². The van der Waals surface area contributed by atoms with Crippen molar-refractivity contribution >= 4 is 29.7 Å². The van der Waals surface area contributed by atoms with Gasteiger partial charge in [-0.15, -0.1) is 0 Å². The second-order valence-electron chi connectivity index (χ2n) is 16.1. The summed E-state index contributed by atoms with van der Waals surface area (Å²) in [6.45, 7) is 2.20. The van der Waals surface area contributed by atoms with Crippen molar-refractivity contribution in [2.24, 2.45) is 5.92 Å². The molecule has 65 heavy (non-hydrogen) atoms. The van der Waals surface area contributed by atoms with Gasteiger partial charge in [0, 0.05) is 28.4 Å². The van der Waals surface area contributed by atoms with Crippen LogP contribution in [0.5, 0.6) is 0 Å². The van der Waals surface area contributed by atoms with Crippen LogP contribution in [0.1, 0.15) is 53.6 Å². The molecule has 6 aromatic carbocycles. The summed E-state index contributed by atoms with van der Waals surface area (Å²) in [7, 11) is 0. The molecule has 1 aromatic heterocycles. The summed E-state index contributed by atoms with van der Waals surface area (Å²) in [6.07, 6.45) is -2.14. The number of alkyl carbamates (subject to hydrolysis) is 1. The van der Waals surface area contributed by atoms with Gasteiger partial charge in [0.1, 0.15) is 18.3 Å². The lowest BCUT2D eigenvalue weighted by Crippen LogP contribution is -2.41. The SMILES string of the molecule is C[C@@H]1[C@H](CSc2nc(-c3ccccc3)c(-c3ccccc3)o2)O[C@H](c2ccc(-c3cccc(CN4C(=O)CC(NC(=O)OCc5ccccc5)C4=O)c3)cc2)O[C@@H]1c1ccc(CO)cc1. The van der Waals surface area contributed by atoms with E-state index >= 15 is 0 Å². The van der Waals surface area contributed by atoms with Gasteiger partial charge in [0.25, 0.3) is 11.1 Å².